The molecule has 0 aromatic heterocycles. The van der Waals surface area contributed by atoms with Crippen LogP contribution in [0.3, 0.4) is 0 Å². The van der Waals surface area contributed by atoms with Gasteiger partial charge < -0.3 is 5.73 Å². The Bertz CT molecular complexity index is 573. The van der Waals surface area contributed by atoms with Crippen LogP contribution in [-0.4, -0.2) is 19.0 Å². The quantitative estimate of drug-likeness (QED) is 0.755. The monoisotopic (exact) mass is 224 g/mol. The summed E-state index contributed by atoms with van der Waals surface area (Å²) >= 11 is 0. The maximum Gasteiger partial charge on any atom is 0.0609 e. The standard InChI is InChI=1S/C15H16N2/c1-17(2)15-13-6-4-3-5-11(13)12-8-7-10(16)9-14(12)15/h3-9,15H,16H2,1-2H3/t15-/m0/s1. The van der Waals surface area contributed by atoms with Crippen LogP contribution in [0.25, 0.3) is 11.1 Å². The molecule has 1 aliphatic carbocycles. The van der Waals surface area contributed by atoms with E-state index in [4.69, 9.17) is 5.73 Å². The number of rotatable bonds is 1. The van der Waals surface area contributed by atoms with E-state index in [0.29, 0.717) is 6.04 Å². The smallest absolute Gasteiger partial charge is 0.0609 e. The topological polar surface area (TPSA) is 29.3 Å². The number of hydrogen-bond acceptors (Lipinski definition) is 2. The van der Waals surface area contributed by atoms with Crippen LogP contribution in [0.2, 0.25) is 0 Å². The minimum absolute atomic E-state index is 0.324. The molecule has 0 spiro atoms. The average molecular weight is 224 g/mol. The Kier molecular flexibility index (Phi) is 2.20. The third-order valence-corrected chi connectivity index (χ3v) is 3.43. The zero-order valence-electron chi connectivity index (χ0n) is 10.1. The zero-order chi connectivity index (χ0) is 12.0. The van der Waals surface area contributed by atoms with E-state index in [1.807, 2.05) is 6.07 Å². The van der Waals surface area contributed by atoms with Crippen LogP contribution in [0.5, 0.6) is 0 Å². The van der Waals surface area contributed by atoms with Crippen LogP contribution < -0.4 is 5.73 Å². The van der Waals surface area contributed by atoms with Crippen molar-refractivity contribution < 1.29 is 0 Å². The highest BCUT2D eigenvalue weighted by Crippen LogP contribution is 2.45. The van der Waals surface area contributed by atoms with Crippen LogP contribution >= 0.6 is 0 Å². The van der Waals surface area contributed by atoms with Crippen molar-refractivity contribution in [3.05, 3.63) is 53.6 Å². The maximum atomic E-state index is 5.91. The molecule has 2 nitrogen and oxygen atoms in total. The van der Waals surface area contributed by atoms with Crippen molar-refractivity contribution >= 4 is 5.69 Å². The Morgan fingerprint density at radius 3 is 2.41 bits per heavy atom. The lowest BCUT2D eigenvalue weighted by atomic mass is 10.0. The fraction of sp³-hybridized carbons (Fsp3) is 0.200. The predicted octanol–water partition coefficient (Wildman–Crippen LogP) is 2.90. The first kappa shape index (κ1) is 10.4. The summed E-state index contributed by atoms with van der Waals surface area (Å²) < 4.78 is 0. The fourth-order valence-corrected chi connectivity index (χ4v) is 2.76. The molecule has 2 aromatic carbocycles. The van der Waals surface area contributed by atoms with E-state index in [9.17, 15) is 0 Å². The molecule has 0 bridgehead atoms. The number of nitrogens with zero attached hydrogens (tertiary/aromatic N) is 1. The minimum Gasteiger partial charge on any atom is -0.399 e. The van der Waals surface area contributed by atoms with Crippen molar-refractivity contribution in [2.24, 2.45) is 0 Å². The van der Waals surface area contributed by atoms with E-state index in [1.54, 1.807) is 0 Å². The molecule has 0 saturated carbocycles. The van der Waals surface area contributed by atoms with E-state index in [1.165, 1.54) is 22.3 Å². The highest BCUT2D eigenvalue weighted by atomic mass is 15.1. The number of nitrogen functional groups attached to an aromatic ring is 1. The molecule has 2 heteroatoms. The summed E-state index contributed by atoms with van der Waals surface area (Å²) in [5.41, 5.74) is 12.1. The highest BCUT2D eigenvalue weighted by molar-refractivity contribution is 5.80. The molecule has 0 fully saturated rings. The second-order valence-corrected chi connectivity index (χ2v) is 4.80. The van der Waals surface area contributed by atoms with Gasteiger partial charge in [-0.05, 0) is 48.5 Å². The van der Waals surface area contributed by atoms with Gasteiger partial charge in [0.1, 0.15) is 0 Å². The number of hydrogen-bond donors (Lipinski definition) is 1. The Labute approximate surface area is 102 Å². The van der Waals surface area contributed by atoms with Gasteiger partial charge >= 0.3 is 0 Å². The molecular formula is C15H16N2. The number of anilines is 1. The molecule has 1 atom stereocenters. The normalized spacial score (nSPS) is 17.0. The SMILES string of the molecule is CN(C)[C@H]1c2ccccc2-c2ccc(N)cc21. The molecule has 0 amide bonds. The summed E-state index contributed by atoms with van der Waals surface area (Å²) in [5, 5.41) is 0. The molecule has 2 aromatic rings. The lowest BCUT2D eigenvalue weighted by Crippen LogP contribution is -2.18. The second-order valence-electron chi connectivity index (χ2n) is 4.80. The Morgan fingerprint density at radius 2 is 1.65 bits per heavy atom. The van der Waals surface area contributed by atoms with Crippen LogP contribution in [-0.2, 0) is 0 Å². The first-order chi connectivity index (χ1) is 8.18. The lowest BCUT2D eigenvalue weighted by Gasteiger charge is -2.21. The molecule has 86 valence electrons. The van der Waals surface area contributed by atoms with Gasteiger partial charge in [-0.15, -0.1) is 0 Å². The van der Waals surface area contributed by atoms with Gasteiger partial charge in [-0.25, -0.2) is 0 Å². The van der Waals surface area contributed by atoms with Crippen LogP contribution in [0.1, 0.15) is 17.2 Å². The van der Waals surface area contributed by atoms with Gasteiger partial charge in [0, 0.05) is 5.69 Å². The summed E-state index contributed by atoms with van der Waals surface area (Å²) in [7, 11) is 4.22. The van der Waals surface area contributed by atoms with E-state index < -0.39 is 0 Å². The molecule has 0 heterocycles. The van der Waals surface area contributed by atoms with Crippen LogP contribution in [0.15, 0.2) is 42.5 Å². The van der Waals surface area contributed by atoms with Crippen molar-refractivity contribution in [1.82, 2.24) is 4.90 Å². The minimum atomic E-state index is 0.324. The van der Waals surface area contributed by atoms with Gasteiger partial charge in [-0.3, -0.25) is 4.90 Å². The van der Waals surface area contributed by atoms with Crippen molar-refractivity contribution in [2.45, 2.75) is 6.04 Å². The highest BCUT2D eigenvalue weighted by Gasteiger charge is 2.29. The van der Waals surface area contributed by atoms with Gasteiger partial charge in [0.2, 0.25) is 0 Å². The van der Waals surface area contributed by atoms with Crippen molar-refractivity contribution in [1.29, 1.82) is 0 Å². The van der Waals surface area contributed by atoms with Gasteiger partial charge in [0.15, 0.2) is 0 Å². The largest absolute Gasteiger partial charge is 0.399 e. The van der Waals surface area contributed by atoms with E-state index >= 15 is 0 Å². The van der Waals surface area contributed by atoms with E-state index in [-0.39, 0.29) is 0 Å². The molecule has 1 aliphatic rings. The first-order valence-electron chi connectivity index (χ1n) is 5.83. The third kappa shape index (κ3) is 1.45. The first-order valence-corrected chi connectivity index (χ1v) is 5.83. The molecule has 0 aliphatic heterocycles. The Morgan fingerprint density at radius 1 is 0.941 bits per heavy atom. The zero-order valence-corrected chi connectivity index (χ0v) is 10.1. The molecule has 3 rings (SSSR count). The van der Waals surface area contributed by atoms with Crippen LogP contribution in [0, 0.1) is 0 Å². The Hall–Kier alpha value is -1.80. The predicted molar refractivity (Wildman–Crippen MR) is 71.8 cm³/mol. The number of benzene rings is 2. The molecule has 17 heavy (non-hydrogen) atoms. The van der Waals surface area contributed by atoms with Crippen molar-refractivity contribution in [3.8, 4) is 11.1 Å². The summed E-state index contributed by atoms with van der Waals surface area (Å²) in [5.74, 6) is 0. The molecule has 0 saturated heterocycles. The maximum absolute atomic E-state index is 5.91. The van der Waals surface area contributed by atoms with Gasteiger partial charge in [-0.1, -0.05) is 30.3 Å². The number of fused-ring (bicyclic) bond motifs is 3. The molecule has 2 N–H and O–H groups in total. The summed E-state index contributed by atoms with van der Waals surface area (Å²) in [6, 6.07) is 15.1. The fourth-order valence-electron chi connectivity index (χ4n) is 2.76. The van der Waals surface area contributed by atoms with Crippen molar-refractivity contribution in [2.75, 3.05) is 19.8 Å². The van der Waals surface area contributed by atoms with Crippen molar-refractivity contribution in [3.63, 3.8) is 0 Å². The second kappa shape index (κ2) is 3.60. The Balaban J connectivity index is 2.29. The van der Waals surface area contributed by atoms with Gasteiger partial charge in [0.05, 0.1) is 6.04 Å². The molecule has 0 unspecified atom stereocenters. The van der Waals surface area contributed by atoms with E-state index in [0.717, 1.165) is 5.69 Å². The summed E-state index contributed by atoms with van der Waals surface area (Å²) in [6.45, 7) is 0. The van der Waals surface area contributed by atoms with Gasteiger partial charge in [-0.2, -0.15) is 0 Å². The molecular weight excluding hydrogens is 208 g/mol. The van der Waals surface area contributed by atoms with Gasteiger partial charge in [0.25, 0.3) is 0 Å². The lowest BCUT2D eigenvalue weighted by molar-refractivity contribution is 0.348. The van der Waals surface area contributed by atoms with E-state index in [2.05, 4.69) is 55.4 Å². The molecule has 0 radical (unpaired) electrons. The summed E-state index contributed by atoms with van der Waals surface area (Å²) in [6.07, 6.45) is 0. The number of nitrogens with two attached hydrogens (primary N) is 1. The third-order valence-electron chi connectivity index (χ3n) is 3.43. The summed E-state index contributed by atoms with van der Waals surface area (Å²) in [4.78, 5) is 2.24. The van der Waals surface area contributed by atoms with Crippen LogP contribution in [0.4, 0.5) is 5.69 Å². The average Bonchev–Trinajstić information content (AvgIpc) is 2.62.